The molecule has 0 atom stereocenters. The van der Waals surface area contributed by atoms with E-state index in [2.05, 4.69) is 4.98 Å². The average Bonchev–Trinajstić information content (AvgIpc) is 2.43. The maximum absolute atomic E-state index is 13.1. The SMILES string of the molecule is Cc1nc2c([N+](=O)[O-])c(F)ccc2o1. The van der Waals surface area contributed by atoms with Crippen molar-refractivity contribution in [2.75, 3.05) is 0 Å². The van der Waals surface area contributed by atoms with Crippen LogP contribution in [0.3, 0.4) is 0 Å². The molecular formula is C8H5FN2O3. The van der Waals surface area contributed by atoms with Gasteiger partial charge in [0.2, 0.25) is 5.82 Å². The van der Waals surface area contributed by atoms with Gasteiger partial charge in [-0.15, -0.1) is 0 Å². The van der Waals surface area contributed by atoms with E-state index in [1.807, 2.05) is 0 Å². The molecule has 0 aliphatic carbocycles. The van der Waals surface area contributed by atoms with E-state index >= 15 is 0 Å². The number of halogens is 1. The molecule has 14 heavy (non-hydrogen) atoms. The molecule has 0 bridgehead atoms. The fourth-order valence-corrected chi connectivity index (χ4v) is 1.24. The van der Waals surface area contributed by atoms with Crippen molar-refractivity contribution in [3.63, 3.8) is 0 Å². The van der Waals surface area contributed by atoms with Crippen molar-refractivity contribution in [3.8, 4) is 0 Å². The molecule has 2 rings (SSSR count). The number of hydrogen-bond acceptors (Lipinski definition) is 4. The van der Waals surface area contributed by atoms with Crippen LogP contribution >= 0.6 is 0 Å². The van der Waals surface area contributed by atoms with Gasteiger partial charge in [-0.25, -0.2) is 4.98 Å². The zero-order valence-electron chi connectivity index (χ0n) is 7.15. The minimum Gasteiger partial charge on any atom is -0.441 e. The molecule has 0 amide bonds. The Morgan fingerprint density at radius 3 is 2.93 bits per heavy atom. The van der Waals surface area contributed by atoms with E-state index in [1.54, 1.807) is 6.92 Å². The summed E-state index contributed by atoms with van der Waals surface area (Å²) in [5, 5.41) is 10.5. The second-order valence-corrected chi connectivity index (χ2v) is 2.73. The van der Waals surface area contributed by atoms with E-state index in [-0.39, 0.29) is 17.0 Å². The fourth-order valence-electron chi connectivity index (χ4n) is 1.24. The second kappa shape index (κ2) is 2.76. The zero-order chi connectivity index (χ0) is 10.3. The summed E-state index contributed by atoms with van der Waals surface area (Å²) in [6.45, 7) is 1.54. The highest BCUT2D eigenvalue weighted by Gasteiger charge is 2.22. The Hall–Kier alpha value is -1.98. The normalized spacial score (nSPS) is 10.7. The summed E-state index contributed by atoms with van der Waals surface area (Å²) < 4.78 is 18.1. The topological polar surface area (TPSA) is 69.2 Å². The van der Waals surface area contributed by atoms with Crippen LogP contribution in [-0.2, 0) is 0 Å². The Balaban J connectivity index is 2.88. The number of nitrogens with zero attached hydrogens (tertiary/aromatic N) is 2. The standard InChI is InChI=1S/C8H5FN2O3/c1-4-10-7-6(14-4)3-2-5(9)8(7)11(12)13/h2-3H,1H3. The quantitative estimate of drug-likeness (QED) is 0.517. The first-order chi connectivity index (χ1) is 6.59. The molecule has 2 aromatic rings. The van der Waals surface area contributed by atoms with E-state index in [0.717, 1.165) is 6.07 Å². The summed E-state index contributed by atoms with van der Waals surface area (Å²) in [5.74, 6) is -0.635. The van der Waals surface area contributed by atoms with Crippen LogP contribution in [0.15, 0.2) is 16.5 Å². The summed E-state index contributed by atoms with van der Waals surface area (Å²) in [7, 11) is 0. The number of hydrogen-bond donors (Lipinski definition) is 0. The van der Waals surface area contributed by atoms with E-state index in [1.165, 1.54) is 6.07 Å². The molecule has 0 N–H and O–H groups in total. The molecule has 0 saturated carbocycles. The third kappa shape index (κ3) is 1.12. The molecule has 0 radical (unpaired) electrons. The molecule has 0 spiro atoms. The van der Waals surface area contributed by atoms with Gasteiger partial charge in [0.1, 0.15) is 0 Å². The highest BCUT2D eigenvalue weighted by molar-refractivity contribution is 5.83. The van der Waals surface area contributed by atoms with E-state index in [9.17, 15) is 14.5 Å². The molecule has 5 nitrogen and oxygen atoms in total. The Morgan fingerprint density at radius 1 is 1.57 bits per heavy atom. The summed E-state index contributed by atoms with van der Waals surface area (Å²) >= 11 is 0. The molecular weight excluding hydrogens is 191 g/mol. The summed E-state index contributed by atoms with van der Waals surface area (Å²) in [6.07, 6.45) is 0. The number of fused-ring (bicyclic) bond motifs is 1. The van der Waals surface area contributed by atoms with Crippen LogP contribution in [0, 0.1) is 22.9 Å². The number of rotatable bonds is 1. The first kappa shape index (κ1) is 8.61. The number of aryl methyl sites for hydroxylation is 1. The number of oxazole rings is 1. The van der Waals surface area contributed by atoms with Gasteiger partial charge in [0, 0.05) is 6.92 Å². The predicted octanol–water partition coefficient (Wildman–Crippen LogP) is 2.18. The van der Waals surface area contributed by atoms with Crippen molar-refractivity contribution < 1.29 is 13.7 Å². The number of aromatic nitrogens is 1. The van der Waals surface area contributed by atoms with Gasteiger partial charge in [0.05, 0.1) is 4.92 Å². The Kier molecular flexibility index (Phi) is 1.70. The molecule has 0 aliphatic heterocycles. The highest BCUT2D eigenvalue weighted by Crippen LogP contribution is 2.28. The van der Waals surface area contributed by atoms with Gasteiger partial charge in [0.15, 0.2) is 17.0 Å². The van der Waals surface area contributed by atoms with Crippen LogP contribution in [0.5, 0.6) is 0 Å². The molecule has 0 unspecified atom stereocenters. The van der Waals surface area contributed by atoms with Gasteiger partial charge in [-0.05, 0) is 12.1 Å². The summed E-state index contributed by atoms with van der Waals surface area (Å²) in [6, 6.07) is 2.31. The van der Waals surface area contributed by atoms with Crippen LogP contribution in [-0.4, -0.2) is 9.91 Å². The van der Waals surface area contributed by atoms with Crippen molar-refractivity contribution in [1.29, 1.82) is 0 Å². The molecule has 0 aliphatic rings. The van der Waals surface area contributed by atoms with Crippen molar-refractivity contribution in [1.82, 2.24) is 4.98 Å². The van der Waals surface area contributed by atoms with Gasteiger partial charge in [-0.2, -0.15) is 4.39 Å². The van der Waals surface area contributed by atoms with Crippen LogP contribution in [0.1, 0.15) is 5.89 Å². The molecule has 6 heteroatoms. The largest absolute Gasteiger partial charge is 0.441 e. The fraction of sp³-hybridized carbons (Fsp3) is 0.125. The first-order valence-electron chi connectivity index (χ1n) is 3.79. The lowest BCUT2D eigenvalue weighted by Gasteiger charge is -1.92. The second-order valence-electron chi connectivity index (χ2n) is 2.73. The molecule has 0 saturated heterocycles. The van der Waals surface area contributed by atoms with E-state index in [0.29, 0.717) is 0 Å². The predicted molar refractivity (Wildman–Crippen MR) is 45.4 cm³/mol. The Bertz CT molecular complexity index is 521. The molecule has 72 valence electrons. The van der Waals surface area contributed by atoms with E-state index in [4.69, 9.17) is 4.42 Å². The van der Waals surface area contributed by atoms with Gasteiger partial charge in [-0.1, -0.05) is 0 Å². The van der Waals surface area contributed by atoms with E-state index < -0.39 is 16.4 Å². The lowest BCUT2D eigenvalue weighted by Crippen LogP contribution is -1.93. The van der Waals surface area contributed by atoms with Crippen LogP contribution < -0.4 is 0 Å². The van der Waals surface area contributed by atoms with Crippen LogP contribution in [0.25, 0.3) is 11.1 Å². The zero-order valence-corrected chi connectivity index (χ0v) is 7.15. The van der Waals surface area contributed by atoms with Crippen molar-refractivity contribution in [2.24, 2.45) is 0 Å². The molecule has 1 aromatic carbocycles. The monoisotopic (exact) mass is 196 g/mol. The number of nitro benzene ring substituents is 1. The smallest absolute Gasteiger partial charge is 0.334 e. The Labute approximate surface area is 77.3 Å². The average molecular weight is 196 g/mol. The lowest BCUT2D eigenvalue weighted by molar-refractivity contribution is -0.385. The van der Waals surface area contributed by atoms with Gasteiger partial charge in [-0.3, -0.25) is 10.1 Å². The minimum atomic E-state index is -0.907. The van der Waals surface area contributed by atoms with Crippen molar-refractivity contribution in [2.45, 2.75) is 6.92 Å². The third-order valence-electron chi connectivity index (χ3n) is 1.77. The first-order valence-corrected chi connectivity index (χ1v) is 3.79. The Morgan fingerprint density at radius 2 is 2.29 bits per heavy atom. The van der Waals surface area contributed by atoms with Gasteiger partial charge in [0.25, 0.3) is 0 Å². The van der Waals surface area contributed by atoms with Crippen molar-refractivity contribution >= 4 is 16.8 Å². The third-order valence-corrected chi connectivity index (χ3v) is 1.77. The minimum absolute atomic E-state index is 0.0486. The van der Waals surface area contributed by atoms with Crippen molar-refractivity contribution in [3.05, 3.63) is 34.0 Å². The number of nitro groups is 1. The molecule has 1 aromatic heterocycles. The lowest BCUT2D eigenvalue weighted by atomic mass is 10.3. The highest BCUT2D eigenvalue weighted by atomic mass is 19.1. The number of benzene rings is 1. The summed E-state index contributed by atoms with van der Waals surface area (Å²) in [5.41, 5.74) is -0.470. The van der Waals surface area contributed by atoms with Gasteiger partial charge >= 0.3 is 5.69 Å². The maximum atomic E-state index is 13.1. The maximum Gasteiger partial charge on any atom is 0.334 e. The van der Waals surface area contributed by atoms with Crippen LogP contribution in [0.2, 0.25) is 0 Å². The van der Waals surface area contributed by atoms with Gasteiger partial charge < -0.3 is 4.42 Å². The molecule has 1 heterocycles. The molecule has 0 fully saturated rings. The summed E-state index contributed by atoms with van der Waals surface area (Å²) in [4.78, 5) is 13.5. The van der Waals surface area contributed by atoms with Crippen LogP contribution in [0.4, 0.5) is 10.1 Å².